The van der Waals surface area contributed by atoms with Gasteiger partial charge in [-0.15, -0.1) is 0 Å². The van der Waals surface area contributed by atoms with E-state index in [0.29, 0.717) is 25.2 Å². The molecule has 5 nitrogen and oxygen atoms in total. The van der Waals surface area contributed by atoms with E-state index >= 15 is 0 Å². The van der Waals surface area contributed by atoms with Gasteiger partial charge in [-0.25, -0.2) is 0 Å². The Morgan fingerprint density at radius 1 is 1.30 bits per heavy atom. The van der Waals surface area contributed by atoms with Crippen molar-refractivity contribution in [1.29, 1.82) is 0 Å². The summed E-state index contributed by atoms with van der Waals surface area (Å²) >= 11 is 0. The third kappa shape index (κ3) is 3.49. The first-order valence-electron chi connectivity index (χ1n) is 9.98. The molecule has 1 saturated carbocycles. The van der Waals surface area contributed by atoms with Gasteiger partial charge in [0.25, 0.3) is 5.91 Å². The van der Waals surface area contributed by atoms with E-state index in [9.17, 15) is 14.7 Å². The largest absolute Gasteiger partial charge is 0.481 e. The molecule has 3 N–H and O–H groups in total. The van der Waals surface area contributed by atoms with Crippen molar-refractivity contribution < 1.29 is 14.7 Å². The minimum absolute atomic E-state index is 0.0324. The smallest absolute Gasteiger partial charge is 0.310 e. The Kier molecular flexibility index (Phi) is 5.10. The SMILES string of the molecule is C[C@@H](C(=O)O)c1c([C@@]2(C)CCCC(C)(C)C2)ccc2c1CN(CCN)C2=O. The van der Waals surface area contributed by atoms with Gasteiger partial charge >= 0.3 is 5.97 Å². The van der Waals surface area contributed by atoms with Gasteiger partial charge in [0.15, 0.2) is 0 Å². The predicted octanol–water partition coefficient (Wildman–Crippen LogP) is 3.65. The molecule has 3 rings (SSSR count). The summed E-state index contributed by atoms with van der Waals surface area (Å²) in [5.41, 5.74) is 9.34. The van der Waals surface area contributed by atoms with E-state index in [0.717, 1.165) is 36.0 Å². The summed E-state index contributed by atoms with van der Waals surface area (Å²) in [7, 11) is 0. The maximum absolute atomic E-state index is 12.7. The van der Waals surface area contributed by atoms with E-state index in [-0.39, 0.29) is 16.7 Å². The van der Waals surface area contributed by atoms with Crippen LogP contribution in [0.25, 0.3) is 0 Å². The summed E-state index contributed by atoms with van der Waals surface area (Å²) in [4.78, 5) is 26.4. The van der Waals surface area contributed by atoms with Crippen LogP contribution in [-0.2, 0) is 16.8 Å². The predicted molar refractivity (Wildman–Crippen MR) is 106 cm³/mol. The maximum Gasteiger partial charge on any atom is 0.310 e. The van der Waals surface area contributed by atoms with Gasteiger partial charge in [0.05, 0.1) is 5.92 Å². The molecule has 1 aromatic rings. The van der Waals surface area contributed by atoms with Crippen LogP contribution in [0.3, 0.4) is 0 Å². The number of nitrogens with zero attached hydrogens (tertiary/aromatic N) is 1. The molecule has 1 amide bonds. The summed E-state index contributed by atoms with van der Waals surface area (Å²) in [6.07, 6.45) is 4.41. The first-order valence-corrected chi connectivity index (χ1v) is 9.98. The quantitative estimate of drug-likeness (QED) is 0.826. The highest BCUT2D eigenvalue weighted by atomic mass is 16.4. The van der Waals surface area contributed by atoms with Gasteiger partial charge in [-0.3, -0.25) is 9.59 Å². The van der Waals surface area contributed by atoms with Crippen molar-refractivity contribution in [1.82, 2.24) is 4.90 Å². The molecule has 5 heteroatoms. The lowest BCUT2D eigenvalue weighted by Crippen LogP contribution is -2.36. The summed E-state index contributed by atoms with van der Waals surface area (Å²) in [5, 5.41) is 9.79. The molecule has 1 heterocycles. The van der Waals surface area contributed by atoms with E-state index in [4.69, 9.17) is 5.73 Å². The van der Waals surface area contributed by atoms with Crippen molar-refractivity contribution >= 4 is 11.9 Å². The van der Waals surface area contributed by atoms with Gasteiger partial charge in [-0.1, -0.05) is 33.3 Å². The standard InChI is InChI=1S/C22H32N2O3/c1-14(20(26)27)18-16-12-24(11-10-23)19(25)15(16)6-7-17(18)22(4)9-5-8-21(2,3)13-22/h6-7,14H,5,8-13,23H2,1-4H3,(H,26,27)/t14-,22+/m1/s1. The Bertz CT molecular complexity index is 771. The average molecular weight is 373 g/mol. The lowest BCUT2D eigenvalue weighted by molar-refractivity contribution is -0.138. The van der Waals surface area contributed by atoms with Crippen molar-refractivity contribution in [2.24, 2.45) is 11.1 Å². The Labute approximate surface area is 161 Å². The highest BCUT2D eigenvalue weighted by Crippen LogP contribution is 2.50. The van der Waals surface area contributed by atoms with Gasteiger partial charge in [-0.05, 0) is 59.8 Å². The van der Waals surface area contributed by atoms with Gasteiger partial charge in [0.1, 0.15) is 0 Å². The van der Waals surface area contributed by atoms with Crippen LogP contribution in [-0.4, -0.2) is 35.0 Å². The third-order valence-electron chi connectivity index (χ3n) is 6.53. The molecule has 0 bridgehead atoms. The number of carbonyl (C=O) groups is 2. The fourth-order valence-electron chi connectivity index (χ4n) is 5.37. The average Bonchev–Trinajstić information content (AvgIpc) is 2.89. The molecular formula is C22H32N2O3. The van der Waals surface area contributed by atoms with Crippen molar-refractivity contribution in [3.63, 3.8) is 0 Å². The van der Waals surface area contributed by atoms with Gasteiger partial charge in [-0.2, -0.15) is 0 Å². The number of amides is 1. The highest BCUT2D eigenvalue weighted by molar-refractivity contribution is 5.99. The van der Waals surface area contributed by atoms with Crippen molar-refractivity contribution in [2.75, 3.05) is 13.1 Å². The number of benzene rings is 1. The number of carboxylic acid groups (broad SMARTS) is 1. The zero-order valence-electron chi connectivity index (χ0n) is 17.0. The first-order chi connectivity index (χ1) is 12.6. The number of fused-ring (bicyclic) bond motifs is 1. The summed E-state index contributed by atoms with van der Waals surface area (Å²) in [5.74, 6) is -1.51. The van der Waals surface area contributed by atoms with E-state index in [1.807, 2.05) is 12.1 Å². The number of carboxylic acids is 1. The van der Waals surface area contributed by atoms with Gasteiger partial charge in [0.2, 0.25) is 0 Å². The third-order valence-corrected chi connectivity index (χ3v) is 6.53. The maximum atomic E-state index is 12.7. The molecule has 0 spiro atoms. The Morgan fingerprint density at radius 3 is 2.59 bits per heavy atom. The van der Waals surface area contributed by atoms with Crippen LogP contribution in [0.5, 0.6) is 0 Å². The van der Waals surface area contributed by atoms with E-state index in [1.54, 1.807) is 11.8 Å². The van der Waals surface area contributed by atoms with Crippen LogP contribution >= 0.6 is 0 Å². The van der Waals surface area contributed by atoms with E-state index in [1.165, 1.54) is 6.42 Å². The second-order valence-electron chi connectivity index (χ2n) is 9.38. The second kappa shape index (κ2) is 6.93. The Hall–Kier alpha value is -1.88. The number of hydrogen-bond acceptors (Lipinski definition) is 3. The number of hydrogen-bond donors (Lipinski definition) is 2. The first kappa shape index (κ1) is 19.9. The van der Waals surface area contributed by atoms with Crippen molar-refractivity contribution in [3.8, 4) is 0 Å². The highest BCUT2D eigenvalue weighted by Gasteiger charge is 2.42. The van der Waals surface area contributed by atoms with E-state index in [2.05, 4.69) is 20.8 Å². The fourth-order valence-corrected chi connectivity index (χ4v) is 5.37. The van der Waals surface area contributed by atoms with Gasteiger partial charge < -0.3 is 15.7 Å². The molecule has 1 aliphatic carbocycles. The van der Waals surface area contributed by atoms with Crippen LogP contribution < -0.4 is 5.73 Å². The lowest BCUT2D eigenvalue weighted by Gasteiger charge is -2.44. The monoisotopic (exact) mass is 372 g/mol. The molecular weight excluding hydrogens is 340 g/mol. The van der Waals surface area contributed by atoms with Crippen molar-refractivity contribution in [2.45, 2.75) is 71.3 Å². The van der Waals surface area contributed by atoms with Crippen LogP contribution in [0, 0.1) is 5.41 Å². The minimum Gasteiger partial charge on any atom is -0.481 e. The number of rotatable bonds is 5. The van der Waals surface area contributed by atoms with Crippen LogP contribution in [0.4, 0.5) is 0 Å². The topological polar surface area (TPSA) is 83.6 Å². The fraction of sp³-hybridized carbons (Fsp3) is 0.636. The second-order valence-corrected chi connectivity index (χ2v) is 9.38. The summed E-state index contributed by atoms with van der Waals surface area (Å²) < 4.78 is 0. The molecule has 0 aromatic heterocycles. The molecule has 0 radical (unpaired) electrons. The lowest BCUT2D eigenvalue weighted by atomic mass is 9.60. The zero-order valence-corrected chi connectivity index (χ0v) is 17.0. The Balaban J connectivity index is 2.15. The molecule has 1 aromatic carbocycles. The number of aliphatic carboxylic acids is 1. The molecule has 0 saturated heterocycles. The molecule has 1 fully saturated rings. The Morgan fingerprint density at radius 2 is 2.00 bits per heavy atom. The minimum atomic E-state index is -0.840. The molecule has 0 unspecified atom stereocenters. The normalized spacial score (nSPS) is 25.4. The zero-order chi connectivity index (χ0) is 20.0. The van der Waals surface area contributed by atoms with Crippen LogP contribution in [0.15, 0.2) is 12.1 Å². The molecule has 2 atom stereocenters. The molecule has 27 heavy (non-hydrogen) atoms. The molecule has 148 valence electrons. The van der Waals surface area contributed by atoms with Crippen LogP contribution in [0.1, 0.15) is 86.3 Å². The van der Waals surface area contributed by atoms with E-state index < -0.39 is 11.9 Å². The number of carbonyl (C=O) groups excluding carboxylic acids is 1. The van der Waals surface area contributed by atoms with Crippen LogP contribution in [0.2, 0.25) is 0 Å². The van der Waals surface area contributed by atoms with Crippen molar-refractivity contribution in [3.05, 3.63) is 34.4 Å². The van der Waals surface area contributed by atoms with Gasteiger partial charge in [0, 0.05) is 25.2 Å². The summed E-state index contributed by atoms with van der Waals surface area (Å²) in [6.45, 7) is 9.97. The molecule has 2 aliphatic rings. The molecule has 1 aliphatic heterocycles. The summed E-state index contributed by atoms with van der Waals surface area (Å²) in [6, 6.07) is 3.94. The number of nitrogens with two attached hydrogens (primary N) is 1.